The number of pyridine rings is 1. The monoisotopic (exact) mass is 534 g/mol. The fourth-order valence-electron chi connectivity index (χ4n) is 2.89. The van der Waals surface area contributed by atoms with Crippen LogP contribution in [0.25, 0.3) is 6.08 Å². The molecule has 3 rings (SSSR count). The van der Waals surface area contributed by atoms with Crippen LogP contribution in [0.1, 0.15) is 31.0 Å². The first-order chi connectivity index (χ1) is 15.9. The minimum Gasteiger partial charge on any atom is -0.493 e. The van der Waals surface area contributed by atoms with Crippen LogP contribution >= 0.6 is 27.7 Å². The van der Waals surface area contributed by atoms with Gasteiger partial charge in [0.2, 0.25) is 0 Å². The predicted octanol–water partition coefficient (Wildman–Crippen LogP) is 4.81. The van der Waals surface area contributed by atoms with Crippen LogP contribution in [0.15, 0.2) is 45.9 Å². The number of esters is 1. The van der Waals surface area contributed by atoms with Gasteiger partial charge in [0.1, 0.15) is 13.2 Å². The highest BCUT2D eigenvalue weighted by atomic mass is 79.9. The molecule has 174 valence electrons. The quantitative estimate of drug-likeness (QED) is 0.243. The van der Waals surface area contributed by atoms with E-state index in [1.165, 1.54) is 7.11 Å². The molecule has 33 heavy (non-hydrogen) atoms. The number of imide groups is 1. The van der Waals surface area contributed by atoms with E-state index in [0.717, 1.165) is 35.2 Å². The van der Waals surface area contributed by atoms with Crippen LogP contribution in [0, 0.1) is 0 Å². The number of ether oxygens (including phenoxy) is 3. The van der Waals surface area contributed by atoms with Crippen molar-refractivity contribution in [1.29, 1.82) is 0 Å². The Kier molecular flexibility index (Phi) is 8.90. The molecule has 2 heterocycles. The van der Waals surface area contributed by atoms with Gasteiger partial charge in [0.15, 0.2) is 11.5 Å². The second kappa shape index (κ2) is 11.9. The molecule has 0 unspecified atom stereocenters. The molecule has 2 amide bonds. The molecule has 1 aromatic heterocycles. The highest BCUT2D eigenvalue weighted by Crippen LogP contribution is 2.39. The third-order valence-electron chi connectivity index (χ3n) is 4.56. The predicted molar refractivity (Wildman–Crippen MR) is 128 cm³/mol. The van der Waals surface area contributed by atoms with Crippen LogP contribution in [-0.4, -0.2) is 47.3 Å². The highest BCUT2D eigenvalue weighted by molar-refractivity contribution is 9.10. The van der Waals surface area contributed by atoms with Crippen LogP contribution in [0.2, 0.25) is 0 Å². The van der Waals surface area contributed by atoms with Gasteiger partial charge in [-0.05, 0) is 70.0 Å². The van der Waals surface area contributed by atoms with Gasteiger partial charge in [0.25, 0.3) is 11.1 Å². The minimum absolute atomic E-state index is 0.206. The molecular weight excluding hydrogens is 512 g/mol. The van der Waals surface area contributed by atoms with Crippen molar-refractivity contribution < 1.29 is 28.6 Å². The Balaban J connectivity index is 1.73. The lowest BCUT2D eigenvalue weighted by atomic mass is 10.2. The Morgan fingerprint density at radius 1 is 1.27 bits per heavy atom. The topological polar surface area (TPSA) is 95.0 Å². The van der Waals surface area contributed by atoms with Crippen molar-refractivity contribution in [2.24, 2.45) is 0 Å². The molecule has 0 radical (unpaired) electrons. The number of hydrogen-bond donors (Lipinski definition) is 0. The molecule has 1 fully saturated rings. The van der Waals surface area contributed by atoms with Crippen molar-refractivity contribution in [3.63, 3.8) is 0 Å². The first-order valence-corrected chi connectivity index (χ1v) is 11.8. The van der Waals surface area contributed by atoms with Crippen molar-refractivity contribution in [1.82, 2.24) is 9.88 Å². The Labute approximate surface area is 204 Å². The Bertz CT molecular complexity index is 1060. The number of halogens is 1. The summed E-state index contributed by atoms with van der Waals surface area (Å²) in [6.45, 7) is 2.09. The molecule has 1 saturated heterocycles. The number of nitrogens with zero attached hydrogens (tertiary/aromatic N) is 2. The van der Waals surface area contributed by atoms with Crippen LogP contribution in [0.3, 0.4) is 0 Å². The third kappa shape index (κ3) is 6.58. The molecule has 1 aliphatic heterocycles. The number of thioether (sulfide) groups is 1. The van der Waals surface area contributed by atoms with Crippen molar-refractivity contribution in [3.8, 4) is 11.5 Å². The average Bonchev–Trinajstić information content (AvgIpc) is 3.06. The smallest absolute Gasteiger partial charge is 0.326 e. The van der Waals surface area contributed by atoms with E-state index in [1.54, 1.807) is 24.4 Å². The van der Waals surface area contributed by atoms with Gasteiger partial charge >= 0.3 is 5.97 Å². The normalized spacial score (nSPS) is 14.6. The van der Waals surface area contributed by atoms with Crippen LogP contribution < -0.4 is 9.47 Å². The largest absolute Gasteiger partial charge is 0.493 e. The van der Waals surface area contributed by atoms with Gasteiger partial charge in [-0.3, -0.25) is 24.3 Å². The number of benzene rings is 1. The number of amides is 2. The number of methoxy groups -OCH3 is 1. The van der Waals surface area contributed by atoms with Crippen molar-refractivity contribution in [3.05, 3.63) is 57.2 Å². The van der Waals surface area contributed by atoms with Gasteiger partial charge in [-0.15, -0.1) is 0 Å². The molecule has 1 aliphatic rings. The maximum atomic E-state index is 12.7. The molecule has 0 saturated carbocycles. The van der Waals surface area contributed by atoms with E-state index in [1.807, 2.05) is 25.1 Å². The number of aromatic nitrogens is 1. The van der Waals surface area contributed by atoms with Gasteiger partial charge in [-0.2, -0.15) is 0 Å². The summed E-state index contributed by atoms with van der Waals surface area (Å²) in [7, 11) is 1.51. The summed E-state index contributed by atoms with van der Waals surface area (Å²) in [5.74, 6) is -0.206. The van der Waals surface area contributed by atoms with E-state index in [-0.39, 0.29) is 18.1 Å². The van der Waals surface area contributed by atoms with Crippen LogP contribution in [-0.2, 0) is 20.9 Å². The first kappa shape index (κ1) is 24.8. The number of unbranched alkanes of at least 4 members (excludes halogenated alkanes) is 1. The summed E-state index contributed by atoms with van der Waals surface area (Å²) in [6, 6.07) is 9.00. The lowest BCUT2D eigenvalue weighted by Crippen LogP contribution is -2.34. The molecule has 0 N–H and O–H groups in total. The number of carbonyl (C=O) groups is 3. The molecular formula is C23H23BrN2O6S. The summed E-state index contributed by atoms with van der Waals surface area (Å²) < 4.78 is 17.0. The molecule has 0 aliphatic carbocycles. The maximum Gasteiger partial charge on any atom is 0.326 e. The molecule has 2 aromatic rings. The lowest BCUT2D eigenvalue weighted by molar-refractivity contribution is -0.146. The summed E-state index contributed by atoms with van der Waals surface area (Å²) in [6.07, 6.45) is 4.87. The fourth-order valence-corrected chi connectivity index (χ4v) is 4.30. The number of carbonyl (C=O) groups excluding carboxylic acids is 3. The summed E-state index contributed by atoms with van der Waals surface area (Å²) in [5, 5.41) is -0.514. The summed E-state index contributed by atoms with van der Waals surface area (Å²) >= 11 is 4.25. The van der Waals surface area contributed by atoms with Crippen molar-refractivity contribution in [2.75, 3.05) is 20.3 Å². The third-order valence-corrected chi connectivity index (χ3v) is 6.06. The van der Waals surface area contributed by atoms with Crippen LogP contribution in [0.4, 0.5) is 4.79 Å². The van der Waals surface area contributed by atoms with E-state index in [2.05, 4.69) is 20.9 Å². The van der Waals surface area contributed by atoms with Crippen LogP contribution in [0.5, 0.6) is 11.5 Å². The van der Waals surface area contributed by atoms with E-state index in [0.29, 0.717) is 21.5 Å². The van der Waals surface area contributed by atoms with Gasteiger partial charge in [0.05, 0.1) is 28.8 Å². The zero-order valence-electron chi connectivity index (χ0n) is 18.2. The zero-order valence-corrected chi connectivity index (χ0v) is 20.6. The maximum absolute atomic E-state index is 12.7. The minimum atomic E-state index is -0.606. The van der Waals surface area contributed by atoms with Gasteiger partial charge in [-0.25, -0.2) is 0 Å². The Morgan fingerprint density at radius 2 is 2.09 bits per heavy atom. The van der Waals surface area contributed by atoms with E-state index < -0.39 is 23.7 Å². The summed E-state index contributed by atoms with van der Waals surface area (Å²) in [5.41, 5.74) is 1.39. The van der Waals surface area contributed by atoms with E-state index in [4.69, 9.17) is 14.2 Å². The highest BCUT2D eigenvalue weighted by Gasteiger charge is 2.36. The number of hydrogen-bond acceptors (Lipinski definition) is 8. The fraction of sp³-hybridized carbons (Fsp3) is 0.304. The van der Waals surface area contributed by atoms with E-state index in [9.17, 15) is 14.4 Å². The average molecular weight is 535 g/mol. The Hall–Kier alpha value is -2.85. The van der Waals surface area contributed by atoms with Gasteiger partial charge < -0.3 is 14.2 Å². The SMILES string of the molecule is CCCCOC(=O)CN1C(=O)S/C(=C/c2cc(Br)c(OCc3ccccn3)c(OC)c2)C1=O. The van der Waals surface area contributed by atoms with Gasteiger partial charge in [-0.1, -0.05) is 19.4 Å². The molecule has 1 aromatic carbocycles. The van der Waals surface area contributed by atoms with Crippen molar-refractivity contribution in [2.45, 2.75) is 26.4 Å². The van der Waals surface area contributed by atoms with E-state index >= 15 is 0 Å². The second-order valence-electron chi connectivity index (χ2n) is 6.99. The molecule has 0 bridgehead atoms. The summed E-state index contributed by atoms with van der Waals surface area (Å²) in [4.78, 5) is 42.2. The van der Waals surface area contributed by atoms with Crippen molar-refractivity contribution >= 4 is 50.9 Å². The second-order valence-corrected chi connectivity index (χ2v) is 8.83. The standard InChI is InChI=1S/C23H23BrN2O6S/c1-3-4-9-31-20(27)13-26-22(28)19(33-23(26)29)12-15-10-17(24)21(18(11-15)30-2)32-14-16-7-5-6-8-25-16/h5-8,10-12H,3-4,9,13-14H2,1-2H3/b19-12+. The molecule has 0 atom stereocenters. The lowest BCUT2D eigenvalue weighted by Gasteiger charge is -2.13. The molecule has 10 heteroatoms. The number of rotatable bonds is 10. The first-order valence-electron chi connectivity index (χ1n) is 10.2. The Morgan fingerprint density at radius 3 is 2.79 bits per heavy atom. The molecule has 8 nitrogen and oxygen atoms in total. The zero-order chi connectivity index (χ0) is 23.8. The van der Waals surface area contributed by atoms with Gasteiger partial charge in [0, 0.05) is 6.20 Å². The molecule has 0 spiro atoms.